The van der Waals surface area contributed by atoms with Gasteiger partial charge in [0.05, 0.1) is 7.11 Å². The van der Waals surface area contributed by atoms with Crippen molar-refractivity contribution in [2.75, 3.05) is 20.3 Å². The lowest BCUT2D eigenvalue weighted by molar-refractivity contribution is -0.143. The highest BCUT2D eigenvalue weighted by atomic mass is 79.9. The lowest BCUT2D eigenvalue weighted by Crippen LogP contribution is -2.13. The molecule has 3 aromatic carbocycles. The zero-order valence-electron chi connectivity index (χ0n) is 20.7. The molecule has 2 N–H and O–H groups in total. The van der Waals surface area contributed by atoms with E-state index in [0.29, 0.717) is 33.3 Å². The highest BCUT2D eigenvalue weighted by Crippen LogP contribution is 2.27. The van der Waals surface area contributed by atoms with Crippen LogP contribution in [0.5, 0.6) is 11.5 Å². The minimum atomic E-state index is -1.07. The molecule has 0 saturated carbocycles. The van der Waals surface area contributed by atoms with Crippen LogP contribution in [0.15, 0.2) is 66.7 Å². The third kappa shape index (κ3) is 11.4. The zero-order valence-corrected chi connectivity index (χ0v) is 23.8. The Morgan fingerprint density at radius 2 is 1.44 bits per heavy atom. The van der Waals surface area contributed by atoms with Gasteiger partial charge in [0.2, 0.25) is 0 Å². The quantitative estimate of drug-likeness (QED) is 0.143. The molecule has 0 bridgehead atoms. The van der Waals surface area contributed by atoms with Gasteiger partial charge in [-0.15, -0.1) is 0 Å². The van der Waals surface area contributed by atoms with Crippen LogP contribution in [0.3, 0.4) is 0 Å². The Balaban J connectivity index is 0.000000306. The number of aliphatic carboxylic acids is 2. The van der Waals surface area contributed by atoms with E-state index in [0.717, 1.165) is 28.3 Å². The molecule has 0 heterocycles. The van der Waals surface area contributed by atoms with Crippen molar-refractivity contribution in [1.82, 2.24) is 0 Å². The predicted octanol–water partition coefficient (Wildman–Crippen LogP) is 6.28. The summed E-state index contributed by atoms with van der Waals surface area (Å²) in [5.41, 5.74) is 3.24. The van der Waals surface area contributed by atoms with Gasteiger partial charge in [-0.25, -0.2) is 14.4 Å². The molecule has 3 rings (SSSR count). The van der Waals surface area contributed by atoms with Gasteiger partial charge in [-0.2, -0.15) is 0 Å². The highest BCUT2D eigenvalue weighted by Gasteiger charge is 2.10. The van der Waals surface area contributed by atoms with Gasteiger partial charge >= 0.3 is 17.9 Å². The molecule has 0 aliphatic rings. The number of benzene rings is 3. The number of carbonyl (C=O) groups is 3. The maximum atomic E-state index is 10.9. The summed E-state index contributed by atoms with van der Waals surface area (Å²) >= 11 is 15.2. The summed E-state index contributed by atoms with van der Waals surface area (Å²) in [7, 11) is 1.32. The molecule has 8 nitrogen and oxygen atoms in total. The van der Waals surface area contributed by atoms with Crippen molar-refractivity contribution in [3.8, 4) is 11.5 Å². The fourth-order valence-corrected chi connectivity index (χ4v) is 4.01. The average molecular weight is 640 g/mol. The van der Waals surface area contributed by atoms with Crippen molar-refractivity contribution in [3.05, 3.63) is 99.0 Å². The van der Waals surface area contributed by atoms with Crippen molar-refractivity contribution in [1.29, 1.82) is 0 Å². The molecule has 0 aliphatic carbocycles. The minimum absolute atomic E-state index is 0.0991. The second-order valence-corrected chi connectivity index (χ2v) is 9.17. The SMILES string of the molecule is COC(=O)COc1ccc(Cl)cc1CBr.O=C(O)/C=C/c1ccccc1Cc1cc(Cl)ccc1OCC(=O)O. The molecule has 0 saturated heterocycles. The number of halogens is 3. The number of hydrogen-bond acceptors (Lipinski definition) is 6. The van der Waals surface area contributed by atoms with Gasteiger partial charge in [0, 0.05) is 39.0 Å². The van der Waals surface area contributed by atoms with Gasteiger partial charge in [0.25, 0.3) is 0 Å². The maximum Gasteiger partial charge on any atom is 0.343 e. The van der Waals surface area contributed by atoms with Crippen LogP contribution in [0.25, 0.3) is 6.08 Å². The van der Waals surface area contributed by atoms with Crippen molar-refractivity contribution in [2.45, 2.75) is 11.8 Å². The van der Waals surface area contributed by atoms with E-state index >= 15 is 0 Å². The molecule has 0 atom stereocenters. The van der Waals surface area contributed by atoms with Crippen LogP contribution in [0.2, 0.25) is 10.0 Å². The van der Waals surface area contributed by atoms with E-state index < -0.39 is 24.5 Å². The molecule has 39 heavy (non-hydrogen) atoms. The zero-order chi connectivity index (χ0) is 28.8. The number of ether oxygens (including phenoxy) is 3. The normalized spacial score (nSPS) is 10.4. The van der Waals surface area contributed by atoms with Gasteiger partial charge in [-0.05, 0) is 53.6 Å². The van der Waals surface area contributed by atoms with Gasteiger partial charge in [0.15, 0.2) is 13.2 Å². The molecule has 0 spiro atoms. The topological polar surface area (TPSA) is 119 Å². The first-order chi connectivity index (χ1) is 18.6. The molecule has 0 fully saturated rings. The van der Waals surface area contributed by atoms with E-state index in [2.05, 4.69) is 20.7 Å². The number of alkyl halides is 1. The predicted molar refractivity (Wildman–Crippen MR) is 152 cm³/mol. The highest BCUT2D eigenvalue weighted by molar-refractivity contribution is 9.08. The van der Waals surface area contributed by atoms with Crippen LogP contribution < -0.4 is 9.47 Å². The van der Waals surface area contributed by atoms with E-state index in [1.807, 2.05) is 18.2 Å². The third-order valence-corrected chi connectivity index (χ3v) is 6.03. The summed E-state index contributed by atoms with van der Waals surface area (Å²) in [5, 5.41) is 19.3. The van der Waals surface area contributed by atoms with E-state index in [1.165, 1.54) is 13.2 Å². The molecular weight excluding hydrogens is 615 g/mol. The van der Waals surface area contributed by atoms with Crippen molar-refractivity contribution < 1.29 is 38.8 Å². The number of carbonyl (C=O) groups excluding carboxylic acids is 1. The second-order valence-electron chi connectivity index (χ2n) is 7.73. The molecule has 0 radical (unpaired) electrons. The number of esters is 1. The third-order valence-electron chi connectivity index (χ3n) is 4.95. The number of carboxylic acid groups (broad SMARTS) is 2. The maximum absolute atomic E-state index is 10.9. The first kappa shape index (κ1) is 31.7. The van der Waals surface area contributed by atoms with Crippen molar-refractivity contribution in [3.63, 3.8) is 0 Å². The lowest BCUT2D eigenvalue weighted by atomic mass is 9.99. The molecule has 0 amide bonds. The van der Waals surface area contributed by atoms with Crippen LogP contribution in [0.4, 0.5) is 0 Å². The Labute approximate surface area is 243 Å². The molecule has 0 aliphatic heterocycles. The summed E-state index contributed by atoms with van der Waals surface area (Å²) in [4.78, 5) is 32.3. The number of hydrogen-bond donors (Lipinski definition) is 2. The van der Waals surface area contributed by atoms with Crippen molar-refractivity contribution >= 4 is 63.1 Å². The minimum Gasteiger partial charge on any atom is -0.482 e. The van der Waals surface area contributed by atoms with Gasteiger partial charge in [0.1, 0.15) is 11.5 Å². The molecule has 206 valence electrons. The Hall–Kier alpha value is -3.53. The smallest absolute Gasteiger partial charge is 0.343 e. The van der Waals surface area contributed by atoms with E-state index in [1.54, 1.807) is 42.5 Å². The second kappa shape index (κ2) is 16.4. The first-order valence-corrected chi connectivity index (χ1v) is 13.2. The molecular formula is C28H25BrCl2O8. The average Bonchev–Trinajstić information content (AvgIpc) is 2.91. The monoisotopic (exact) mass is 638 g/mol. The fourth-order valence-electron chi connectivity index (χ4n) is 3.18. The molecule has 3 aromatic rings. The summed E-state index contributed by atoms with van der Waals surface area (Å²) in [6.45, 7) is -0.548. The van der Waals surface area contributed by atoms with E-state index in [9.17, 15) is 14.4 Å². The van der Waals surface area contributed by atoms with Gasteiger partial charge in [-0.1, -0.05) is 63.4 Å². The van der Waals surface area contributed by atoms with Crippen molar-refractivity contribution in [2.24, 2.45) is 0 Å². The Bertz CT molecular complexity index is 1330. The van der Waals surface area contributed by atoms with Crippen LogP contribution in [0, 0.1) is 0 Å². The number of rotatable bonds is 11. The van der Waals surface area contributed by atoms with Gasteiger partial charge < -0.3 is 24.4 Å². The Morgan fingerprint density at radius 1 is 0.846 bits per heavy atom. The Morgan fingerprint density at radius 3 is 2.03 bits per heavy atom. The molecule has 0 unspecified atom stereocenters. The largest absolute Gasteiger partial charge is 0.482 e. The van der Waals surface area contributed by atoms with Crippen LogP contribution in [-0.4, -0.2) is 48.4 Å². The van der Waals surface area contributed by atoms with Crippen LogP contribution in [0.1, 0.15) is 22.3 Å². The summed E-state index contributed by atoms with van der Waals surface area (Å²) < 4.78 is 15.0. The van der Waals surface area contributed by atoms with E-state index in [-0.39, 0.29) is 6.61 Å². The lowest BCUT2D eigenvalue weighted by Gasteiger charge is -2.12. The first-order valence-electron chi connectivity index (χ1n) is 11.3. The van der Waals surface area contributed by atoms with E-state index in [4.69, 9.17) is 42.9 Å². The number of methoxy groups -OCH3 is 1. The van der Waals surface area contributed by atoms with Crippen LogP contribution >= 0.6 is 39.1 Å². The van der Waals surface area contributed by atoms with Gasteiger partial charge in [-0.3, -0.25) is 0 Å². The number of carboxylic acids is 2. The summed E-state index contributed by atoms with van der Waals surface area (Å²) in [6, 6.07) is 17.5. The Kier molecular flexibility index (Phi) is 13.4. The summed E-state index contributed by atoms with van der Waals surface area (Å²) in [5.74, 6) is -1.45. The fraction of sp³-hybridized carbons (Fsp3) is 0.179. The van der Waals surface area contributed by atoms with Crippen LogP contribution in [-0.2, 0) is 30.9 Å². The molecule has 11 heteroatoms. The standard InChI is InChI=1S/C18H15ClO5.C10H10BrClO3/c19-15-6-7-16(24-11-18(22)23)14(10-15)9-13-4-2-1-3-12(13)5-8-17(20)21;1-14-10(13)6-15-9-3-2-8(12)4-7(9)5-11/h1-8,10H,9,11H2,(H,20,21)(H,22,23);2-4H,5-6H2,1H3/b8-5+;. The molecule has 0 aromatic heterocycles. The summed E-state index contributed by atoms with van der Waals surface area (Å²) in [6.07, 6.45) is 3.01.